The van der Waals surface area contributed by atoms with Crippen molar-refractivity contribution in [1.82, 2.24) is 4.72 Å². The van der Waals surface area contributed by atoms with Gasteiger partial charge in [0.1, 0.15) is 0 Å². The second kappa shape index (κ2) is 7.51. The summed E-state index contributed by atoms with van der Waals surface area (Å²) in [5.74, 6) is 0. The molecule has 0 amide bonds. The van der Waals surface area contributed by atoms with Crippen LogP contribution in [-0.4, -0.2) is 30.4 Å². The van der Waals surface area contributed by atoms with Crippen LogP contribution in [0.2, 0.25) is 0 Å². The number of benzene rings is 1. The van der Waals surface area contributed by atoms with Gasteiger partial charge < -0.3 is 9.79 Å². The molecule has 3 N–H and O–H groups in total. The summed E-state index contributed by atoms with van der Waals surface area (Å²) >= 11 is 0. The fraction of sp³-hybridized carbons (Fsp3) is 0.538. The van der Waals surface area contributed by atoms with Gasteiger partial charge in [-0.05, 0) is 25.5 Å². The summed E-state index contributed by atoms with van der Waals surface area (Å²) in [4.78, 5) is 18.2. The van der Waals surface area contributed by atoms with E-state index >= 15 is 0 Å². The van der Waals surface area contributed by atoms with Crippen molar-refractivity contribution in [2.45, 2.75) is 44.0 Å². The zero-order valence-corrected chi connectivity index (χ0v) is 13.9. The van der Waals surface area contributed by atoms with E-state index in [0.717, 1.165) is 12.0 Å². The summed E-state index contributed by atoms with van der Waals surface area (Å²) in [7, 11) is -8.05. The van der Waals surface area contributed by atoms with Gasteiger partial charge in [0, 0.05) is 6.04 Å². The summed E-state index contributed by atoms with van der Waals surface area (Å²) in [6.07, 6.45) is 1.43. The molecule has 21 heavy (non-hydrogen) atoms. The monoisotopic (exact) mass is 335 g/mol. The molecule has 0 radical (unpaired) electrons. The van der Waals surface area contributed by atoms with Crippen LogP contribution in [0.3, 0.4) is 0 Å². The van der Waals surface area contributed by atoms with Crippen LogP contribution in [0.15, 0.2) is 29.2 Å². The number of aryl methyl sites for hydroxylation is 1. The van der Waals surface area contributed by atoms with E-state index in [1.165, 1.54) is 12.1 Å². The van der Waals surface area contributed by atoms with Crippen LogP contribution in [0.1, 0.15) is 31.7 Å². The van der Waals surface area contributed by atoms with Crippen molar-refractivity contribution in [2.75, 3.05) is 6.16 Å². The Bertz CT molecular complexity index is 593. The van der Waals surface area contributed by atoms with E-state index in [9.17, 15) is 13.0 Å². The third kappa shape index (κ3) is 6.72. The van der Waals surface area contributed by atoms with E-state index in [1.54, 1.807) is 12.1 Å². The second-order valence-corrected chi connectivity index (χ2v) is 8.53. The van der Waals surface area contributed by atoms with Gasteiger partial charge in [0.05, 0.1) is 11.1 Å². The average molecular weight is 335 g/mol. The molecule has 0 bridgehead atoms. The highest BCUT2D eigenvalue weighted by atomic mass is 32.2. The predicted molar refractivity (Wildman–Crippen MR) is 81.7 cm³/mol. The number of nitrogens with one attached hydrogen (secondary N) is 1. The molecule has 0 aliphatic rings. The predicted octanol–water partition coefficient (Wildman–Crippen LogP) is 2.01. The van der Waals surface area contributed by atoms with E-state index in [0.29, 0.717) is 12.8 Å². The van der Waals surface area contributed by atoms with Crippen molar-refractivity contribution in [1.29, 1.82) is 0 Å². The normalized spacial score (nSPS) is 14.1. The first-order valence-corrected chi connectivity index (χ1v) is 10.1. The summed E-state index contributed by atoms with van der Waals surface area (Å²) < 4.78 is 38.0. The Morgan fingerprint density at radius 3 is 2.29 bits per heavy atom. The number of unbranched alkanes of at least 4 members (excludes halogenated alkanes) is 1. The van der Waals surface area contributed by atoms with Crippen molar-refractivity contribution < 1.29 is 22.8 Å². The highest BCUT2D eigenvalue weighted by Crippen LogP contribution is 2.36. The highest BCUT2D eigenvalue weighted by molar-refractivity contribution is 7.89. The third-order valence-corrected chi connectivity index (χ3v) is 5.47. The van der Waals surface area contributed by atoms with Gasteiger partial charge in [-0.3, -0.25) is 4.57 Å². The van der Waals surface area contributed by atoms with Crippen LogP contribution < -0.4 is 4.72 Å². The lowest BCUT2D eigenvalue weighted by Gasteiger charge is -2.19. The topological polar surface area (TPSA) is 104 Å². The number of rotatable bonds is 8. The van der Waals surface area contributed by atoms with Crippen molar-refractivity contribution in [3.05, 3.63) is 29.8 Å². The molecular formula is C13H22NO5PS. The van der Waals surface area contributed by atoms with Gasteiger partial charge in [-0.2, -0.15) is 0 Å². The molecular weight excluding hydrogens is 313 g/mol. The second-order valence-electron chi connectivity index (χ2n) is 5.12. The average Bonchev–Trinajstić information content (AvgIpc) is 2.34. The summed E-state index contributed by atoms with van der Waals surface area (Å²) in [5, 5.41) is 0. The molecule has 1 aromatic carbocycles. The maximum Gasteiger partial charge on any atom is 0.327 e. The van der Waals surface area contributed by atoms with Gasteiger partial charge in [-0.25, -0.2) is 13.1 Å². The minimum atomic E-state index is -4.27. The van der Waals surface area contributed by atoms with E-state index in [-0.39, 0.29) is 4.90 Å². The lowest BCUT2D eigenvalue weighted by Crippen LogP contribution is -2.37. The summed E-state index contributed by atoms with van der Waals surface area (Å²) in [6, 6.07) is 5.55. The number of hydrogen-bond donors (Lipinski definition) is 3. The minimum absolute atomic E-state index is 0.0975. The molecule has 0 heterocycles. The molecule has 0 saturated carbocycles. The van der Waals surface area contributed by atoms with Crippen LogP contribution in [0.5, 0.6) is 0 Å². The van der Waals surface area contributed by atoms with Crippen molar-refractivity contribution in [3.8, 4) is 0 Å². The van der Waals surface area contributed by atoms with Gasteiger partial charge in [-0.1, -0.05) is 37.5 Å². The minimum Gasteiger partial charge on any atom is -0.324 e. The van der Waals surface area contributed by atoms with Gasteiger partial charge in [0.15, 0.2) is 0 Å². The molecule has 0 saturated heterocycles. The molecule has 0 unspecified atom stereocenters. The smallest absolute Gasteiger partial charge is 0.324 e. The third-order valence-electron chi connectivity index (χ3n) is 3.02. The van der Waals surface area contributed by atoms with E-state index < -0.39 is 29.8 Å². The largest absolute Gasteiger partial charge is 0.327 e. The van der Waals surface area contributed by atoms with Crippen molar-refractivity contribution in [3.63, 3.8) is 0 Å². The summed E-state index contributed by atoms with van der Waals surface area (Å²) in [5.41, 5.74) is 0.937. The van der Waals surface area contributed by atoms with Gasteiger partial charge in [0.2, 0.25) is 10.0 Å². The molecule has 1 atom stereocenters. The lowest BCUT2D eigenvalue weighted by molar-refractivity contribution is 0.364. The molecule has 120 valence electrons. The Morgan fingerprint density at radius 2 is 1.81 bits per heavy atom. The van der Waals surface area contributed by atoms with Crippen LogP contribution in [0.25, 0.3) is 0 Å². The zero-order valence-electron chi connectivity index (χ0n) is 12.2. The summed E-state index contributed by atoms with van der Waals surface area (Å²) in [6.45, 7) is 3.78. The SMILES string of the molecule is CCCC[C@H](CP(=O)(O)O)NS(=O)(=O)c1ccc(C)cc1. The van der Waals surface area contributed by atoms with Gasteiger partial charge in [0.25, 0.3) is 0 Å². The molecule has 8 heteroatoms. The maximum atomic E-state index is 12.2. The zero-order chi connectivity index (χ0) is 16.1. The Balaban J connectivity index is 2.89. The standard InChI is InChI=1S/C13H22NO5PS/c1-3-4-5-12(10-20(15,16)17)14-21(18,19)13-8-6-11(2)7-9-13/h6-9,12,14H,3-5,10H2,1-2H3,(H2,15,16,17)/t12-/m1/s1. The first-order valence-electron chi connectivity index (χ1n) is 6.77. The fourth-order valence-electron chi connectivity index (χ4n) is 1.93. The van der Waals surface area contributed by atoms with E-state index in [1.807, 2.05) is 13.8 Å². The molecule has 6 nitrogen and oxygen atoms in total. The molecule has 0 aliphatic carbocycles. The van der Waals surface area contributed by atoms with Crippen molar-refractivity contribution >= 4 is 17.6 Å². The van der Waals surface area contributed by atoms with Crippen LogP contribution in [-0.2, 0) is 14.6 Å². The van der Waals surface area contributed by atoms with E-state index in [4.69, 9.17) is 9.79 Å². The molecule has 0 aromatic heterocycles. The molecule has 0 fully saturated rings. The highest BCUT2D eigenvalue weighted by Gasteiger charge is 2.26. The Kier molecular flexibility index (Phi) is 6.56. The van der Waals surface area contributed by atoms with Crippen molar-refractivity contribution in [2.24, 2.45) is 0 Å². The number of sulfonamides is 1. The Morgan fingerprint density at radius 1 is 1.24 bits per heavy atom. The number of hydrogen-bond acceptors (Lipinski definition) is 3. The molecule has 1 aromatic rings. The molecule has 0 aliphatic heterocycles. The van der Waals surface area contributed by atoms with Gasteiger partial charge >= 0.3 is 7.60 Å². The first kappa shape index (κ1) is 18.3. The quantitative estimate of drug-likeness (QED) is 0.631. The fourth-order valence-corrected chi connectivity index (χ4v) is 4.17. The van der Waals surface area contributed by atoms with Gasteiger partial charge in [-0.15, -0.1) is 0 Å². The first-order chi connectivity index (χ1) is 9.64. The van der Waals surface area contributed by atoms with E-state index in [2.05, 4.69) is 4.72 Å². The molecule has 1 rings (SSSR count). The Hall–Kier alpha value is -0.720. The maximum absolute atomic E-state index is 12.2. The van der Waals surface area contributed by atoms with Crippen LogP contribution in [0, 0.1) is 6.92 Å². The lowest BCUT2D eigenvalue weighted by atomic mass is 10.2. The van der Waals surface area contributed by atoms with Crippen LogP contribution in [0.4, 0.5) is 0 Å². The van der Waals surface area contributed by atoms with Crippen LogP contribution >= 0.6 is 7.60 Å². The Labute approximate surface area is 125 Å². The molecule has 0 spiro atoms.